The molecule has 0 aromatic carbocycles. The molecule has 2 aromatic heterocycles. The van der Waals surface area contributed by atoms with Gasteiger partial charge in [-0.2, -0.15) is 0 Å². The highest BCUT2D eigenvalue weighted by atomic mass is 16.1. The van der Waals surface area contributed by atoms with E-state index in [1.165, 1.54) is 0 Å². The first-order chi connectivity index (χ1) is 7.18. The molecule has 0 saturated heterocycles. The fraction of sp³-hybridized carbons (Fsp3) is 0.250. The number of nitrogens with one attached hydrogen (secondary N) is 1. The van der Waals surface area contributed by atoms with Crippen LogP contribution >= 0.6 is 0 Å². The zero-order valence-corrected chi connectivity index (χ0v) is 8.08. The van der Waals surface area contributed by atoms with Gasteiger partial charge in [0.25, 0.3) is 0 Å². The molecule has 0 fully saturated rings. The maximum Gasteiger partial charge on any atom is 0.239 e. The zero-order valence-electron chi connectivity index (χ0n) is 8.08. The van der Waals surface area contributed by atoms with Crippen molar-refractivity contribution in [3.05, 3.63) is 18.7 Å². The Morgan fingerprint density at radius 1 is 1.67 bits per heavy atom. The van der Waals surface area contributed by atoms with Crippen molar-refractivity contribution < 1.29 is 4.79 Å². The second-order valence-electron chi connectivity index (χ2n) is 3.11. The van der Waals surface area contributed by atoms with Crippen LogP contribution in [0.25, 0.3) is 5.65 Å². The summed E-state index contributed by atoms with van der Waals surface area (Å²) in [5.74, 6) is 0.0413. The van der Waals surface area contributed by atoms with Gasteiger partial charge in [-0.15, -0.1) is 10.2 Å². The quantitative estimate of drug-likeness (QED) is 0.699. The van der Waals surface area contributed by atoms with Gasteiger partial charge in [-0.05, 0) is 6.92 Å². The van der Waals surface area contributed by atoms with Crippen molar-refractivity contribution in [2.24, 2.45) is 5.73 Å². The smallest absolute Gasteiger partial charge is 0.239 e. The Morgan fingerprint density at radius 3 is 3.20 bits per heavy atom. The Labute approximate surface area is 85.3 Å². The maximum atomic E-state index is 10.9. The normalized spacial score (nSPS) is 12.6. The van der Waals surface area contributed by atoms with E-state index in [0.29, 0.717) is 11.5 Å². The molecule has 0 bridgehead atoms. The van der Waals surface area contributed by atoms with Crippen molar-refractivity contribution in [3.8, 4) is 0 Å². The molecule has 2 heterocycles. The van der Waals surface area contributed by atoms with Gasteiger partial charge in [0, 0.05) is 12.4 Å². The number of amides is 1. The van der Waals surface area contributed by atoms with Crippen LogP contribution in [0, 0.1) is 0 Å². The van der Waals surface area contributed by atoms with Crippen LogP contribution in [0.15, 0.2) is 18.7 Å². The van der Waals surface area contributed by atoms with Crippen molar-refractivity contribution in [2.45, 2.75) is 13.0 Å². The first kappa shape index (κ1) is 9.38. The number of carbonyl (C=O) groups excluding carboxylic acids is 1. The summed E-state index contributed by atoms with van der Waals surface area (Å²) < 4.78 is 1.70. The molecule has 3 N–H and O–H groups in total. The molecule has 7 nitrogen and oxygen atoms in total. The zero-order chi connectivity index (χ0) is 10.8. The fourth-order valence-corrected chi connectivity index (χ4v) is 1.14. The van der Waals surface area contributed by atoms with Crippen molar-refractivity contribution in [1.29, 1.82) is 0 Å². The second-order valence-corrected chi connectivity index (χ2v) is 3.11. The van der Waals surface area contributed by atoms with Crippen LogP contribution in [-0.4, -0.2) is 31.5 Å². The van der Waals surface area contributed by atoms with Gasteiger partial charge < -0.3 is 11.1 Å². The molecule has 0 aliphatic heterocycles. The Bertz CT molecular complexity index is 493. The van der Waals surface area contributed by atoms with E-state index in [1.807, 2.05) is 0 Å². The number of fused-ring (bicyclic) bond motifs is 1. The molecule has 78 valence electrons. The molecule has 0 aliphatic rings. The van der Waals surface area contributed by atoms with Crippen LogP contribution in [0.4, 0.5) is 5.82 Å². The highest BCUT2D eigenvalue weighted by Gasteiger charge is 2.11. The molecule has 1 atom stereocenters. The monoisotopic (exact) mass is 206 g/mol. The third kappa shape index (κ3) is 1.71. The second kappa shape index (κ2) is 3.52. The van der Waals surface area contributed by atoms with Crippen LogP contribution in [-0.2, 0) is 4.79 Å². The van der Waals surface area contributed by atoms with Crippen LogP contribution in [0.1, 0.15) is 6.92 Å². The van der Waals surface area contributed by atoms with Gasteiger partial charge in [0.15, 0.2) is 5.82 Å². The Morgan fingerprint density at radius 2 is 2.47 bits per heavy atom. The molecule has 2 aromatic rings. The van der Waals surface area contributed by atoms with E-state index in [-0.39, 0.29) is 0 Å². The summed E-state index contributed by atoms with van der Waals surface area (Å²) in [4.78, 5) is 14.9. The molecular formula is C8H10N6O. The number of primary amides is 1. The topological polar surface area (TPSA) is 98.2 Å². The minimum Gasteiger partial charge on any atom is -0.368 e. The standard InChI is InChI=1S/C8H10N6O/c1-5(6(9)15)12-7-8-13-11-4-14(8)3-2-10-7/h2-5H,1H3,(H2,9,15)(H,10,12). The van der Waals surface area contributed by atoms with Crippen LogP contribution < -0.4 is 11.1 Å². The number of aromatic nitrogens is 4. The summed E-state index contributed by atoms with van der Waals surface area (Å²) in [6.45, 7) is 1.66. The van der Waals surface area contributed by atoms with E-state index in [9.17, 15) is 4.79 Å². The minimum absolute atomic E-state index is 0.446. The third-order valence-electron chi connectivity index (χ3n) is 2.00. The molecule has 15 heavy (non-hydrogen) atoms. The number of hydrogen-bond acceptors (Lipinski definition) is 5. The number of nitrogens with two attached hydrogens (primary N) is 1. The summed E-state index contributed by atoms with van der Waals surface area (Å²) >= 11 is 0. The van der Waals surface area contributed by atoms with Gasteiger partial charge in [-0.25, -0.2) is 4.98 Å². The van der Waals surface area contributed by atoms with E-state index in [2.05, 4.69) is 20.5 Å². The number of anilines is 1. The first-order valence-corrected chi connectivity index (χ1v) is 4.38. The molecule has 0 aliphatic carbocycles. The lowest BCUT2D eigenvalue weighted by molar-refractivity contribution is -0.118. The highest BCUT2D eigenvalue weighted by molar-refractivity contribution is 5.83. The molecule has 1 amide bonds. The summed E-state index contributed by atoms with van der Waals surface area (Å²) in [7, 11) is 0. The largest absolute Gasteiger partial charge is 0.368 e. The Hall–Kier alpha value is -2.18. The summed E-state index contributed by atoms with van der Waals surface area (Å²) in [6, 6.07) is -0.500. The van der Waals surface area contributed by atoms with Gasteiger partial charge in [-0.1, -0.05) is 0 Å². The van der Waals surface area contributed by atoms with Gasteiger partial charge in [0.1, 0.15) is 12.4 Å². The maximum absolute atomic E-state index is 10.9. The van der Waals surface area contributed by atoms with Gasteiger partial charge in [-0.3, -0.25) is 9.20 Å². The number of nitrogens with zero attached hydrogens (tertiary/aromatic N) is 4. The van der Waals surface area contributed by atoms with Crippen molar-refractivity contribution in [3.63, 3.8) is 0 Å². The van der Waals surface area contributed by atoms with E-state index in [1.54, 1.807) is 30.0 Å². The van der Waals surface area contributed by atoms with Crippen molar-refractivity contribution in [1.82, 2.24) is 19.6 Å². The highest BCUT2D eigenvalue weighted by Crippen LogP contribution is 2.10. The number of rotatable bonds is 3. The third-order valence-corrected chi connectivity index (χ3v) is 2.00. The predicted octanol–water partition coefficient (Wildman–Crippen LogP) is -0.590. The average Bonchev–Trinajstić information content (AvgIpc) is 2.66. The van der Waals surface area contributed by atoms with Gasteiger partial charge in [0.2, 0.25) is 11.6 Å². The van der Waals surface area contributed by atoms with E-state index < -0.39 is 11.9 Å². The first-order valence-electron chi connectivity index (χ1n) is 4.38. The number of carbonyl (C=O) groups is 1. The summed E-state index contributed by atoms with van der Waals surface area (Å²) in [6.07, 6.45) is 4.86. The van der Waals surface area contributed by atoms with E-state index >= 15 is 0 Å². The van der Waals surface area contributed by atoms with Crippen LogP contribution in [0.5, 0.6) is 0 Å². The molecule has 2 rings (SSSR count). The van der Waals surface area contributed by atoms with E-state index in [0.717, 1.165) is 0 Å². The number of hydrogen-bond donors (Lipinski definition) is 2. The van der Waals surface area contributed by atoms with Gasteiger partial charge >= 0.3 is 0 Å². The SMILES string of the molecule is CC(Nc1nccn2cnnc12)C(N)=O. The lowest BCUT2D eigenvalue weighted by atomic mass is 10.3. The molecule has 1 unspecified atom stereocenters. The molecule has 7 heteroatoms. The van der Waals surface area contributed by atoms with E-state index in [4.69, 9.17) is 5.73 Å². The Balaban J connectivity index is 2.35. The minimum atomic E-state index is -0.500. The predicted molar refractivity (Wildman–Crippen MR) is 53.1 cm³/mol. The lowest BCUT2D eigenvalue weighted by Crippen LogP contribution is -2.32. The van der Waals surface area contributed by atoms with Crippen molar-refractivity contribution >= 4 is 17.4 Å². The van der Waals surface area contributed by atoms with Gasteiger partial charge in [0.05, 0.1) is 0 Å². The molecular weight excluding hydrogens is 196 g/mol. The Kier molecular flexibility index (Phi) is 2.20. The van der Waals surface area contributed by atoms with Crippen LogP contribution in [0.3, 0.4) is 0 Å². The fourth-order valence-electron chi connectivity index (χ4n) is 1.14. The summed E-state index contributed by atoms with van der Waals surface area (Å²) in [5.41, 5.74) is 5.69. The molecule has 0 spiro atoms. The summed E-state index contributed by atoms with van der Waals surface area (Å²) in [5, 5.41) is 10.5. The average molecular weight is 206 g/mol. The molecule has 0 radical (unpaired) electrons. The molecule has 0 saturated carbocycles. The van der Waals surface area contributed by atoms with Crippen LogP contribution in [0.2, 0.25) is 0 Å². The van der Waals surface area contributed by atoms with Crippen molar-refractivity contribution in [2.75, 3.05) is 5.32 Å². The lowest BCUT2D eigenvalue weighted by Gasteiger charge is -2.10.